The van der Waals surface area contributed by atoms with E-state index in [0.717, 1.165) is 11.3 Å². The fourth-order valence-electron chi connectivity index (χ4n) is 2.33. The first-order valence-electron chi connectivity index (χ1n) is 8.04. The van der Waals surface area contributed by atoms with E-state index in [9.17, 15) is 9.59 Å². The normalized spacial score (nSPS) is 11.5. The second-order valence-electron chi connectivity index (χ2n) is 5.39. The summed E-state index contributed by atoms with van der Waals surface area (Å²) in [6.07, 6.45) is -0.313. The van der Waals surface area contributed by atoms with Crippen molar-refractivity contribution in [2.45, 2.75) is 20.0 Å². The summed E-state index contributed by atoms with van der Waals surface area (Å²) in [6.45, 7) is 4.18. The van der Waals surface area contributed by atoms with E-state index >= 15 is 0 Å². The molecule has 0 fully saturated rings. The van der Waals surface area contributed by atoms with E-state index in [1.165, 1.54) is 13.1 Å². The molecular formula is C18H23N3O4. The molecule has 0 aliphatic heterocycles. The topological polar surface area (TPSA) is 92.4 Å². The van der Waals surface area contributed by atoms with Gasteiger partial charge in [-0.3, -0.25) is 9.59 Å². The average Bonchev–Trinajstić information content (AvgIpc) is 3.05. The Kier molecular flexibility index (Phi) is 6.05. The number of nitrogens with one attached hydrogen (secondary N) is 3. The van der Waals surface area contributed by atoms with E-state index in [0.29, 0.717) is 12.3 Å². The van der Waals surface area contributed by atoms with Crippen LogP contribution in [0, 0.1) is 0 Å². The van der Waals surface area contributed by atoms with E-state index in [2.05, 4.69) is 15.6 Å². The predicted molar refractivity (Wildman–Crippen MR) is 94.2 cm³/mol. The lowest BCUT2D eigenvalue weighted by Crippen LogP contribution is -2.23. The van der Waals surface area contributed by atoms with Gasteiger partial charge in [-0.05, 0) is 31.5 Å². The highest BCUT2D eigenvalue weighted by molar-refractivity contribution is 5.99. The molecule has 0 radical (unpaired) electrons. The summed E-state index contributed by atoms with van der Waals surface area (Å²) in [7, 11) is 3.12. The lowest BCUT2D eigenvalue weighted by atomic mass is 10.1. The molecule has 2 aromatic rings. The molecule has 0 saturated carbocycles. The van der Waals surface area contributed by atoms with Gasteiger partial charge in [0.2, 0.25) is 0 Å². The van der Waals surface area contributed by atoms with Gasteiger partial charge >= 0.3 is 0 Å². The molecule has 0 saturated heterocycles. The van der Waals surface area contributed by atoms with Gasteiger partial charge in [0.1, 0.15) is 23.2 Å². The predicted octanol–water partition coefficient (Wildman–Crippen LogP) is 2.27. The van der Waals surface area contributed by atoms with Gasteiger partial charge in [-0.25, -0.2) is 0 Å². The molecule has 1 heterocycles. The molecule has 0 spiro atoms. The molecule has 0 aliphatic carbocycles. The average molecular weight is 345 g/mol. The Balaban J connectivity index is 2.26. The highest BCUT2D eigenvalue weighted by Crippen LogP contribution is 2.27. The van der Waals surface area contributed by atoms with Crippen molar-refractivity contribution in [1.82, 2.24) is 15.6 Å². The third kappa shape index (κ3) is 4.32. The third-order valence-electron chi connectivity index (χ3n) is 3.71. The van der Waals surface area contributed by atoms with Crippen LogP contribution >= 0.6 is 0 Å². The number of carbonyl (C=O) groups is 2. The van der Waals surface area contributed by atoms with Crippen LogP contribution in [0.4, 0.5) is 0 Å². The summed E-state index contributed by atoms with van der Waals surface area (Å²) in [5, 5.41) is 5.22. The zero-order chi connectivity index (χ0) is 18.4. The molecule has 2 amide bonds. The first-order valence-corrected chi connectivity index (χ1v) is 8.04. The molecule has 0 aliphatic rings. The minimum atomic E-state index is -0.354. The largest absolute Gasteiger partial charge is 0.497 e. The van der Waals surface area contributed by atoms with Gasteiger partial charge in [-0.1, -0.05) is 12.1 Å². The number of benzene rings is 1. The molecule has 7 heteroatoms. The van der Waals surface area contributed by atoms with Crippen LogP contribution in [-0.4, -0.2) is 37.5 Å². The van der Waals surface area contributed by atoms with Gasteiger partial charge < -0.3 is 25.1 Å². The summed E-state index contributed by atoms with van der Waals surface area (Å²) >= 11 is 0. The number of ether oxygens (including phenoxy) is 2. The minimum Gasteiger partial charge on any atom is -0.497 e. The number of H-pyrrole nitrogens is 1. The van der Waals surface area contributed by atoms with Gasteiger partial charge in [-0.15, -0.1) is 0 Å². The fourth-order valence-corrected chi connectivity index (χ4v) is 2.33. The number of hydrogen-bond acceptors (Lipinski definition) is 4. The zero-order valence-corrected chi connectivity index (χ0v) is 14.8. The van der Waals surface area contributed by atoms with Crippen molar-refractivity contribution in [1.29, 1.82) is 0 Å². The maximum absolute atomic E-state index is 12.1. The second-order valence-corrected chi connectivity index (χ2v) is 5.39. The van der Waals surface area contributed by atoms with Crippen molar-refractivity contribution in [3.05, 3.63) is 47.3 Å². The first kappa shape index (κ1) is 18.4. The summed E-state index contributed by atoms with van der Waals surface area (Å²) in [4.78, 5) is 26.9. The number of hydrogen-bond donors (Lipinski definition) is 3. The van der Waals surface area contributed by atoms with Gasteiger partial charge in [0.05, 0.1) is 7.11 Å². The number of aromatic nitrogens is 1. The molecule has 25 heavy (non-hydrogen) atoms. The molecule has 2 rings (SSSR count). The van der Waals surface area contributed by atoms with Gasteiger partial charge in [0, 0.05) is 19.7 Å². The van der Waals surface area contributed by atoms with E-state index in [1.807, 2.05) is 38.1 Å². The number of aromatic amines is 1. The maximum Gasteiger partial charge on any atom is 0.271 e. The summed E-state index contributed by atoms with van der Waals surface area (Å²) < 4.78 is 11.1. The Bertz CT molecular complexity index is 737. The maximum atomic E-state index is 12.1. The summed E-state index contributed by atoms with van der Waals surface area (Å²) in [5.74, 6) is 0.429. The van der Waals surface area contributed by atoms with Crippen molar-refractivity contribution >= 4 is 11.8 Å². The van der Waals surface area contributed by atoms with Crippen molar-refractivity contribution in [3.8, 4) is 11.5 Å². The lowest BCUT2D eigenvalue weighted by molar-refractivity contribution is 0.0951. The van der Waals surface area contributed by atoms with Crippen LogP contribution in [0.2, 0.25) is 0 Å². The second kappa shape index (κ2) is 8.23. The van der Waals surface area contributed by atoms with Crippen LogP contribution in [0.5, 0.6) is 11.5 Å². The highest BCUT2D eigenvalue weighted by Gasteiger charge is 2.21. The molecule has 134 valence electrons. The van der Waals surface area contributed by atoms with Crippen molar-refractivity contribution in [3.63, 3.8) is 0 Å². The Labute approximate surface area is 146 Å². The highest BCUT2D eigenvalue weighted by atomic mass is 16.5. The third-order valence-corrected chi connectivity index (χ3v) is 3.71. The van der Waals surface area contributed by atoms with E-state index in [1.54, 1.807) is 7.11 Å². The molecule has 0 bridgehead atoms. The molecule has 1 aromatic carbocycles. The van der Waals surface area contributed by atoms with Crippen LogP contribution in [0.25, 0.3) is 0 Å². The Morgan fingerprint density at radius 1 is 1.20 bits per heavy atom. The van der Waals surface area contributed by atoms with E-state index < -0.39 is 0 Å². The number of amides is 2. The van der Waals surface area contributed by atoms with Gasteiger partial charge in [0.15, 0.2) is 5.75 Å². The van der Waals surface area contributed by atoms with Gasteiger partial charge in [-0.2, -0.15) is 0 Å². The van der Waals surface area contributed by atoms with Crippen LogP contribution in [0.15, 0.2) is 30.3 Å². The fraction of sp³-hybridized carbons (Fsp3) is 0.333. The Hall–Kier alpha value is -2.96. The molecule has 3 N–H and O–H groups in total. The molecular weight excluding hydrogens is 322 g/mol. The number of carbonyl (C=O) groups excluding carboxylic acids is 2. The summed E-state index contributed by atoms with van der Waals surface area (Å²) in [5.41, 5.74) is 1.41. The molecule has 1 atom stereocenters. The Morgan fingerprint density at radius 2 is 1.88 bits per heavy atom. The van der Waals surface area contributed by atoms with Gasteiger partial charge in [0.25, 0.3) is 11.8 Å². The number of methoxy groups -OCH3 is 1. The van der Waals surface area contributed by atoms with Crippen LogP contribution in [0.1, 0.15) is 46.5 Å². The van der Waals surface area contributed by atoms with Crippen molar-refractivity contribution < 1.29 is 19.1 Å². The molecule has 1 aromatic heterocycles. The Morgan fingerprint density at radius 3 is 2.44 bits per heavy atom. The number of rotatable bonds is 7. The van der Waals surface area contributed by atoms with Crippen LogP contribution in [0.3, 0.4) is 0 Å². The minimum absolute atomic E-state index is 0.212. The SMILES string of the molecule is CCNC(=O)c1cc(OC(C)c2ccc(OC)cc2)c(C(=O)NC)[nH]1. The monoisotopic (exact) mass is 345 g/mol. The molecule has 1 unspecified atom stereocenters. The zero-order valence-electron chi connectivity index (χ0n) is 14.8. The van der Waals surface area contributed by atoms with Crippen LogP contribution < -0.4 is 20.1 Å². The standard InChI is InChI=1S/C18H23N3O4/c1-5-20-17(22)14-10-15(16(21-14)18(23)19-3)25-11(2)12-6-8-13(24-4)9-7-12/h6-11,21H,5H2,1-4H3,(H,19,23)(H,20,22). The lowest BCUT2D eigenvalue weighted by Gasteiger charge is -2.15. The molecule has 7 nitrogen and oxygen atoms in total. The first-order chi connectivity index (χ1) is 12.0. The smallest absolute Gasteiger partial charge is 0.271 e. The van der Waals surface area contributed by atoms with E-state index in [-0.39, 0.29) is 29.3 Å². The van der Waals surface area contributed by atoms with Crippen molar-refractivity contribution in [2.24, 2.45) is 0 Å². The quantitative estimate of drug-likeness (QED) is 0.718. The van der Waals surface area contributed by atoms with E-state index in [4.69, 9.17) is 9.47 Å². The van der Waals surface area contributed by atoms with Crippen molar-refractivity contribution in [2.75, 3.05) is 20.7 Å². The van der Waals surface area contributed by atoms with Crippen LogP contribution in [-0.2, 0) is 0 Å². The summed E-state index contributed by atoms with van der Waals surface area (Å²) in [6, 6.07) is 8.99.